The molecule has 0 saturated heterocycles. The lowest BCUT2D eigenvalue weighted by Crippen LogP contribution is -2.10. The van der Waals surface area contributed by atoms with Crippen molar-refractivity contribution < 1.29 is 0 Å². The van der Waals surface area contributed by atoms with Crippen molar-refractivity contribution in [2.24, 2.45) is 0 Å². The minimum Gasteiger partial charge on any atom is -0.310 e. The number of thiophene rings is 2. The zero-order chi connectivity index (χ0) is 32.8. The molecule has 8 aromatic carbocycles. The van der Waals surface area contributed by atoms with E-state index in [1.165, 1.54) is 72.9 Å². The Morgan fingerprint density at radius 1 is 0.360 bits per heavy atom. The van der Waals surface area contributed by atoms with Gasteiger partial charge in [0.25, 0.3) is 0 Å². The first-order chi connectivity index (χ1) is 24.8. The number of hydrogen-bond acceptors (Lipinski definition) is 3. The van der Waals surface area contributed by atoms with Crippen molar-refractivity contribution in [2.75, 3.05) is 4.90 Å². The summed E-state index contributed by atoms with van der Waals surface area (Å²) < 4.78 is 7.70. The van der Waals surface area contributed by atoms with E-state index in [9.17, 15) is 0 Å². The quantitative estimate of drug-likeness (QED) is 0.181. The summed E-state index contributed by atoms with van der Waals surface area (Å²) in [5.74, 6) is 0. The average Bonchev–Trinajstić information content (AvgIpc) is 3.85. The van der Waals surface area contributed by atoms with E-state index in [4.69, 9.17) is 0 Å². The first kappa shape index (κ1) is 28.0. The van der Waals surface area contributed by atoms with Crippen molar-refractivity contribution >= 4 is 113 Å². The smallest absolute Gasteiger partial charge is 0.0619 e. The van der Waals surface area contributed by atoms with Crippen LogP contribution >= 0.6 is 22.7 Å². The van der Waals surface area contributed by atoms with Crippen molar-refractivity contribution in [1.82, 2.24) is 4.57 Å². The molecule has 0 atom stereocenters. The van der Waals surface area contributed by atoms with Gasteiger partial charge in [-0.15, -0.1) is 22.7 Å². The van der Waals surface area contributed by atoms with Gasteiger partial charge in [-0.05, 0) is 84.2 Å². The molecule has 0 aliphatic carbocycles. The van der Waals surface area contributed by atoms with Crippen LogP contribution in [0.1, 0.15) is 0 Å². The van der Waals surface area contributed by atoms with Gasteiger partial charge in [0.2, 0.25) is 0 Å². The maximum atomic E-state index is 2.44. The van der Waals surface area contributed by atoms with Crippen LogP contribution in [-0.4, -0.2) is 4.57 Å². The lowest BCUT2D eigenvalue weighted by atomic mass is 10.1. The molecule has 0 unspecified atom stereocenters. The highest BCUT2D eigenvalue weighted by atomic mass is 32.1. The monoisotopic (exact) mass is 672 g/mol. The number of nitrogens with zero attached hydrogens (tertiary/aromatic N) is 2. The predicted octanol–water partition coefficient (Wildman–Crippen LogP) is 14.1. The van der Waals surface area contributed by atoms with Crippen LogP contribution in [0.3, 0.4) is 0 Å². The molecule has 0 amide bonds. The number of para-hydroxylation sites is 1. The zero-order valence-electron chi connectivity index (χ0n) is 26.9. The van der Waals surface area contributed by atoms with E-state index < -0.39 is 0 Å². The van der Waals surface area contributed by atoms with Gasteiger partial charge in [-0.25, -0.2) is 0 Å². The molecule has 0 N–H and O–H groups in total. The highest BCUT2D eigenvalue weighted by Gasteiger charge is 2.19. The number of anilines is 3. The van der Waals surface area contributed by atoms with E-state index in [-0.39, 0.29) is 0 Å². The summed E-state index contributed by atoms with van der Waals surface area (Å²) in [7, 11) is 0. The Labute approximate surface area is 296 Å². The van der Waals surface area contributed by atoms with Crippen LogP contribution in [0.25, 0.3) is 78.6 Å². The Morgan fingerprint density at radius 2 is 0.880 bits per heavy atom. The van der Waals surface area contributed by atoms with Gasteiger partial charge in [0.1, 0.15) is 0 Å². The lowest BCUT2D eigenvalue weighted by molar-refractivity contribution is 1.18. The molecular weight excluding hydrogens is 645 g/mol. The fraction of sp³-hybridized carbons (Fsp3) is 0. The number of aromatic nitrogens is 1. The Morgan fingerprint density at radius 3 is 1.54 bits per heavy atom. The van der Waals surface area contributed by atoms with Gasteiger partial charge < -0.3 is 9.47 Å². The normalized spacial score (nSPS) is 12.0. The Bertz CT molecular complexity index is 2990. The fourth-order valence-electron chi connectivity index (χ4n) is 7.90. The van der Waals surface area contributed by atoms with Crippen molar-refractivity contribution in [1.29, 1.82) is 0 Å². The molecule has 50 heavy (non-hydrogen) atoms. The third-order valence-corrected chi connectivity index (χ3v) is 12.5. The minimum atomic E-state index is 1.12. The third kappa shape index (κ3) is 4.13. The Balaban J connectivity index is 1.13. The van der Waals surface area contributed by atoms with Crippen molar-refractivity contribution in [3.63, 3.8) is 0 Å². The maximum absolute atomic E-state index is 2.44. The molecule has 2 nitrogen and oxygen atoms in total. The van der Waals surface area contributed by atoms with Crippen molar-refractivity contribution in [3.8, 4) is 5.69 Å². The van der Waals surface area contributed by atoms with Crippen LogP contribution in [0.15, 0.2) is 170 Å². The topological polar surface area (TPSA) is 8.17 Å². The Kier molecular flexibility index (Phi) is 6.03. The molecule has 0 aliphatic heterocycles. The van der Waals surface area contributed by atoms with Gasteiger partial charge in [0.05, 0.1) is 11.0 Å². The molecule has 0 saturated carbocycles. The van der Waals surface area contributed by atoms with Crippen LogP contribution in [0.4, 0.5) is 17.1 Å². The van der Waals surface area contributed by atoms with Crippen LogP contribution in [0.2, 0.25) is 0 Å². The Hall–Kier alpha value is -5.94. The second-order valence-corrected chi connectivity index (χ2v) is 15.1. The molecule has 0 radical (unpaired) electrons. The summed E-state index contributed by atoms with van der Waals surface area (Å²) in [4.78, 5) is 2.42. The molecule has 0 fully saturated rings. The maximum Gasteiger partial charge on any atom is 0.0619 e. The molecule has 3 aromatic heterocycles. The van der Waals surface area contributed by atoms with E-state index in [1.54, 1.807) is 0 Å². The fourth-order valence-corrected chi connectivity index (χ4v) is 10.1. The van der Waals surface area contributed by atoms with Gasteiger partial charge in [-0.2, -0.15) is 0 Å². The average molecular weight is 673 g/mol. The standard InChI is InChI=1S/C46H28N2S2/c1-2-10-34-29(9-1)17-24-38-35-11-3-6-14-41(35)48(46(34)38)31-20-18-30(19-21-31)47(32-22-25-44-39(27-32)36-12-4-7-15-42(36)49-44)33-23-26-45-40(28-33)37-13-5-8-16-43(37)50-45/h1-28H. The largest absolute Gasteiger partial charge is 0.310 e. The summed E-state index contributed by atoms with van der Waals surface area (Å²) >= 11 is 3.72. The molecule has 0 bridgehead atoms. The molecule has 234 valence electrons. The number of fused-ring (bicyclic) bond motifs is 11. The van der Waals surface area contributed by atoms with Crippen LogP contribution < -0.4 is 4.90 Å². The molecule has 0 spiro atoms. The molecule has 3 heterocycles. The summed E-state index contributed by atoms with van der Waals surface area (Å²) in [5, 5.41) is 10.3. The third-order valence-electron chi connectivity index (χ3n) is 10.2. The van der Waals surface area contributed by atoms with Gasteiger partial charge in [-0.3, -0.25) is 0 Å². The predicted molar refractivity (Wildman–Crippen MR) is 219 cm³/mol. The van der Waals surface area contributed by atoms with E-state index in [2.05, 4.69) is 179 Å². The SMILES string of the molecule is c1ccc2c(c1)ccc1c3ccccc3n(-c3ccc(N(c4ccc5sc6ccccc6c5c4)c4ccc5sc6ccccc6c5c4)cc3)c21. The summed E-state index contributed by atoms with van der Waals surface area (Å²) in [6.45, 7) is 0. The molecule has 11 rings (SSSR count). The van der Waals surface area contributed by atoms with Crippen molar-refractivity contribution in [2.45, 2.75) is 0 Å². The molecule has 11 aromatic rings. The minimum absolute atomic E-state index is 1.12. The molecule has 0 aliphatic rings. The van der Waals surface area contributed by atoms with E-state index in [0.29, 0.717) is 0 Å². The zero-order valence-corrected chi connectivity index (χ0v) is 28.5. The van der Waals surface area contributed by atoms with Gasteiger partial charge >= 0.3 is 0 Å². The molecule has 4 heteroatoms. The second-order valence-electron chi connectivity index (χ2n) is 12.9. The van der Waals surface area contributed by atoms with Gasteiger partial charge in [-0.1, -0.05) is 91.0 Å². The van der Waals surface area contributed by atoms with Gasteiger partial charge in [0, 0.05) is 79.3 Å². The lowest BCUT2D eigenvalue weighted by Gasteiger charge is -2.26. The summed E-state index contributed by atoms with van der Waals surface area (Å²) in [5.41, 5.74) is 7.03. The number of benzene rings is 8. The molecular formula is C46H28N2S2. The summed E-state index contributed by atoms with van der Waals surface area (Å²) in [6.07, 6.45) is 0. The first-order valence-electron chi connectivity index (χ1n) is 16.9. The van der Waals surface area contributed by atoms with E-state index in [0.717, 1.165) is 22.7 Å². The second kappa shape index (κ2) is 10.8. The highest BCUT2D eigenvalue weighted by molar-refractivity contribution is 7.26. The first-order valence-corrected chi connectivity index (χ1v) is 18.6. The van der Waals surface area contributed by atoms with Gasteiger partial charge in [0.15, 0.2) is 0 Å². The number of hydrogen-bond donors (Lipinski definition) is 0. The number of rotatable bonds is 4. The van der Waals surface area contributed by atoms with E-state index >= 15 is 0 Å². The van der Waals surface area contributed by atoms with Crippen LogP contribution in [0, 0.1) is 0 Å². The van der Waals surface area contributed by atoms with Crippen LogP contribution in [-0.2, 0) is 0 Å². The van der Waals surface area contributed by atoms with Crippen LogP contribution in [0.5, 0.6) is 0 Å². The summed E-state index contributed by atoms with van der Waals surface area (Å²) in [6, 6.07) is 62.5. The van der Waals surface area contributed by atoms with E-state index in [1.807, 2.05) is 22.7 Å². The highest BCUT2D eigenvalue weighted by Crippen LogP contribution is 2.44. The van der Waals surface area contributed by atoms with Crippen molar-refractivity contribution in [3.05, 3.63) is 170 Å².